The van der Waals surface area contributed by atoms with Crippen molar-refractivity contribution in [2.24, 2.45) is 0 Å². The normalized spacial score (nSPS) is 15.0. The quantitative estimate of drug-likeness (QED) is 0.599. The van der Waals surface area contributed by atoms with E-state index < -0.39 is 6.10 Å². The van der Waals surface area contributed by atoms with Gasteiger partial charge in [-0.25, -0.2) is 0 Å². The van der Waals surface area contributed by atoms with Gasteiger partial charge in [-0.15, -0.1) is 0 Å². The molecule has 0 aromatic carbocycles. The Labute approximate surface area is 72.2 Å². The van der Waals surface area contributed by atoms with Crippen LogP contribution in [0.2, 0.25) is 0 Å². The van der Waals surface area contributed by atoms with E-state index in [1.807, 2.05) is 0 Å². The zero-order valence-electron chi connectivity index (χ0n) is 7.65. The van der Waals surface area contributed by atoms with Gasteiger partial charge in [-0.05, 0) is 6.92 Å². The van der Waals surface area contributed by atoms with Gasteiger partial charge in [0, 0.05) is 20.4 Å². The van der Waals surface area contributed by atoms with Crippen LogP contribution >= 0.6 is 0 Å². The highest BCUT2D eigenvalue weighted by atomic mass is 16.3. The fraction of sp³-hybridized carbons (Fsp3) is 0.750. The topological polar surface area (TPSA) is 57.6 Å². The molecule has 0 radical (unpaired) electrons. The standard InChI is InChI=1S/C8H15NO3/c1-6(8(12)4-5-10)9(3)7(2)11/h5-6,8,12H,4H2,1-3H3. The van der Waals surface area contributed by atoms with E-state index in [4.69, 9.17) is 0 Å². The number of amides is 1. The van der Waals surface area contributed by atoms with Gasteiger partial charge in [-0.3, -0.25) is 4.79 Å². The van der Waals surface area contributed by atoms with E-state index in [0.29, 0.717) is 6.29 Å². The molecule has 1 N–H and O–H groups in total. The zero-order chi connectivity index (χ0) is 9.72. The van der Waals surface area contributed by atoms with Gasteiger partial charge < -0.3 is 14.8 Å². The second-order valence-electron chi connectivity index (χ2n) is 2.84. The molecule has 0 fully saturated rings. The number of hydrogen-bond acceptors (Lipinski definition) is 3. The minimum absolute atomic E-state index is 0.0682. The smallest absolute Gasteiger partial charge is 0.219 e. The van der Waals surface area contributed by atoms with Crippen LogP contribution in [0.15, 0.2) is 0 Å². The highest BCUT2D eigenvalue weighted by Gasteiger charge is 2.19. The van der Waals surface area contributed by atoms with Crippen molar-refractivity contribution in [3.05, 3.63) is 0 Å². The Morgan fingerprint density at radius 1 is 1.67 bits per heavy atom. The Morgan fingerprint density at radius 3 is 2.50 bits per heavy atom. The van der Waals surface area contributed by atoms with Crippen molar-refractivity contribution in [1.29, 1.82) is 0 Å². The average Bonchev–Trinajstić information content (AvgIpc) is 2.02. The van der Waals surface area contributed by atoms with Crippen molar-refractivity contribution in [3.63, 3.8) is 0 Å². The molecule has 0 aliphatic carbocycles. The molecule has 70 valence electrons. The third kappa shape index (κ3) is 3.00. The van der Waals surface area contributed by atoms with Crippen LogP contribution in [0.5, 0.6) is 0 Å². The first-order valence-corrected chi connectivity index (χ1v) is 3.85. The average molecular weight is 173 g/mol. The first kappa shape index (κ1) is 11.1. The molecule has 0 rings (SSSR count). The third-order valence-electron chi connectivity index (χ3n) is 2.00. The summed E-state index contributed by atoms with van der Waals surface area (Å²) in [5.74, 6) is -0.118. The predicted molar refractivity (Wildman–Crippen MR) is 44.6 cm³/mol. The molecule has 4 nitrogen and oxygen atoms in total. The number of aliphatic hydroxyl groups excluding tert-OH is 1. The van der Waals surface area contributed by atoms with E-state index in [-0.39, 0.29) is 18.4 Å². The Kier molecular flexibility index (Phi) is 4.51. The van der Waals surface area contributed by atoms with Crippen LogP contribution in [0.3, 0.4) is 0 Å². The lowest BCUT2D eigenvalue weighted by molar-refractivity contribution is -0.132. The van der Waals surface area contributed by atoms with Gasteiger partial charge in [0.05, 0.1) is 12.1 Å². The predicted octanol–water partition coefficient (Wildman–Crippen LogP) is -0.197. The number of likely N-dealkylation sites (N-methyl/N-ethyl adjacent to an activating group) is 1. The third-order valence-corrected chi connectivity index (χ3v) is 2.00. The zero-order valence-corrected chi connectivity index (χ0v) is 7.65. The van der Waals surface area contributed by atoms with E-state index in [1.54, 1.807) is 14.0 Å². The number of rotatable bonds is 4. The molecule has 0 saturated heterocycles. The number of hydrogen-bond donors (Lipinski definition) is 1. The molecule has 0 spiro atoms. The van der Waals surface area contributed by atoms with Gasteiger partial charge in [0.2, 0.25) is 5.91 Å². The number of aliphatic hydroxyl groups is 1. The van der Waals surface area contributed by atoms with Gasteiger partial charge in [-0.2, -0.15) is 0 Å². The Balaban J connectivity index is 4.07. The molecule has 0 aliphatic rings. The second kappa shape index (κ2) is 4.87. The van der Waals surface area contributed by atoms with E-state index >= 15 is 0 Å². The molecular weight excluding hydrogens is 158 g/mol. The lowest BCUT2D eigenvalue weighted by Gasteiger charge is -2.26. The molecule has 0 heterocycles. The van der Waals surface area contributed by atoms with Crippen LogP contribution in [-0.4, -0.2) is 41.4 Å². The van der Waals surface area contributed by atoms with Crippen LogP contribution in [0.25, 0.3) is 0 Å². The van der Waals surface area contributed by atoms with Crippen molar-refractivity contribution >= 4 is 12.2 Å². The maximum absolute atomic E-state index is 10.8. The van der Waals surface area contributed by atoms with Crippen LogP contribution in [0, 0.1) is 0 Å². The molecule has 0 aliphatic heterocycles. The summed E-state index contributed by atoms with van der Waals surface area (Å²) >= 11 is 0. The largest absolute Gasteiger partial charge is 0.391 e. The lowest BCUT2D eigenvalue weighted by Crippen LogP contribution is -2.41. The van der Waals surface area contributed by atoms with Crippen LogP contribution in [-0.2, 0) is 9.59 Å². The molecule has 2 unspecified atom stereocenters. The van der Waals surface area contributed by atoms with E-state index in [9.17, 15) is 14.7 Å². The molecule has 12 heavy (non-hydrogen) atoms. The first-order chi connectivity index (χ1) is 5.50. The summed E-state index contributed by atoms with van der Waals surface area (Å²) in [6.45, 7) is 3.12. The highest BCUT2D eigenvalue weighted by Crippen LogP contribution is 2.04. The number of aldehydes is 1. The van der Waals surface area contributed by atoms with Gasteiger partial charge in [0.25, 0.3) is 0 Å². The molecule has 0 saturated carbocycles. The lowest BCUT2D eigenvalue weighted by atomic mass is 10.1. The van der Waals surface area contributed by atoms with Crippen molar-refractivity contribution in [3.8, 4) is 0 Å². The second-order valence-corrected chi connectivity index (χ2v) is 2.84. The van der Waals surface area contributed by atoms with Crippen molar-refractivity contribution in [2.45, 2.75) is 32.4 Å². The Morgan fingerprint density at radius 2 is 2.17 bits per heavy atom. The Bertz CT molecular complexity index is 170. The summed E-state index contributed by atoms with van der Waals surface area (Å²) in [5, 5.41) is 9.31. The number of nitrogens with zero attached hydrogens (tertiary/aromatic N) is 1. The minimum Gasteiger partial charge on any atom is -0.391 e. The summed E-state index contributed by atoms with van der Waals surface area (Å²) in [7, 11) is 1.60. The van der Waals surface area contributed by atoms with Crippen LogP contribution < -0.4 is 0 Å². The molecular formula is C8H15NO3. The summed E-state index contributed by atoms with van der Waals surface area (Å²) in [4.78, 5) is 22.3. The molecule has 0 bridgehead atoms. The molecule has 0 aromatic rings. The fourth-order valence-corrected chi connectivity index (χ4v) is 0.840. The number of carbonyl (C=O) groups is 2. The summed E-state index contributed by atoms with van der Waals surface area (Å²) in [6, 6.07) is -0.312. The maximum atomic E-state index is 10.8. The van der Waals surface area contributed by atoms with Crippen molar-refractivity contribution in [1.82, 2.24) is 4.90 Å². The van der Waals surface area contributed by atoms with Crippen molar-refractivity contribution < 1.29 is 14.7 Å². The minimum atomic E-state index is -0.767. The fourth-order valence-electron chi connectivity index (χ4n) is 0.840. The van der Waals surface area contributed by atoms with Crippen molar-refractivity contribution in [2.75, 3.05) is 7.05 Å². The van der Waals surface area contributed by atoms with Gasteiger partial charge >= 0.3 is 0 Å². The van der Waals surface area contributed by atoms with E-state index in [0.717, 1.165) is 0 Å². The maximum Gasteiger partial charge on any atom is 0.219 e. The van der Waals surface area contributed by atoms with E-state index in [2.05, 4.69) is 0 Å². The summed E-state index contributed by atoms with van der Waals surface area (Å²) in [5.41, 5.74) is 0. The number of carbonyl (C=O) groups excluding carboxylic acids is 2. The van der Waals surface area contributed by atoms with Gasteiger partial charge in [0.1, 0.15) is 6.29 Å². The van der Waals surface area contributed by atoms with E-state index in [1.165, 1.54) is 11.8 Å². The van der Waals surface area contributed by atoms with Gasteiger partial charge in [0.15, 0.2) is 0 Å². The van der Waals surface area contributed by atoms with Gasteiger partial charge in [-0.1, -0.05) is 0 Å². The SMILES string of the molecule is CC(=O)N(C)C(C)C(O)CC=O. The molecule has 1 amide bonds. The van der Waals surface area contributed by atoms with Crippen LogP contribution in [0.1, 0.15) is 20.3 Å². The monoisotopic (exact) mass is 173 g/mol. The molecule has 4 heteroatoms. The van der Waals surface area contributed by atoms with Crippen LogP contribution in [0.4, 0.5) is 0 Å². The molecule has 0 aromatic heterocycles. The Hall–Kier alpha value is -0.900. The first-order valence-electron chi connectivity index (χ1n) is 3.85. The summed E-state index contributed by atoms with van der Waals surface area (Å²) < 4.78 is 0. The summed E-state index contributed by atoms with van der Waals surface area (Å²) in [6.07, 6.45) is -0.0510. The highest BCUT2D eigenvalue weighted by molar-refractivity contribution is 5.73. The molecule has 2 atom stereocenters.